The van der Waals surface area contributed by atoms with Crippen molar-refractivity contribution in [2.45, 2.75) is 46.7 Å². The average molecular weight is 285 g/mol. The van der Waals surface area contributed by atoms with E-state index in [0.717, 1.165) is 23.4 Å². The van der Waals surface area contributed by atoms with Crippen LogP contribution in [0.15, 0.2) is 30.6 Å². The second kappa shape index (κ2) is 6.22. The molecule has 0 spiro atoms. The Morgan fingerprint density at radius 3 is 2.38 bits per heavy atom. The van der Waals surface area contributed by atoms with Gasteiger partial charge in [0, 0.05) is 30.0 Å². The Morgan fingerprint density at radius 2 is 1.76 bits per heavy atom. The first-order valence-electron chi connectivity index (χ1n) is 7.15. The van der Waals surface area contributed by atoms with Gasteiger partial charge in [0.15, 0.2) is 0 Å². The lowest BCUT2D eigenvalue weighted by atomic mass is 10.1. The maximum atomic E-state index is 5.75. The number of aromatic nitrogens is 2. The van der Waals surface area contributed by atoms with E-state index in [0.29, 0.717) is 6.01 Å². The molecule has 0 amide bonds. The summed E-state index contributed by atoms with van der Waals surface area (Å²) in [6, 6.07) is 6.34. The molecule has 1 aromatic carbocycles. The Bertz CT molecular complexity index is 600. The normalized spacial score (nSPS) is 11.5. The van der Waals surface area contributed by atoms with E-state index in [4.69, 9.17) is 4.74 Å². The monoisotopic (exact) mass is 285 g/mol. The zero-order chi connectivity index (χ0) is 15.5. The van der Waals surface area contributed by atoms with Crippen molar-refractivity contribution in [1.29, 1.82) is 0 Å². The summed E-state index contributed by atoms with van der Waals surface area (Å²) < 4.78 is 5.75. The Balaban J connectivity index is 2.04. The number of rotatable bonds is 4. The Morgan fingerprint density at radius 1 is 1.10 bits per heavy atom. The quantitative estimate of drug-likeness (QED) is 0.928. The second-order valence-electron chi connectivity index (χ2n) is 6.28. The van der Waals surface area contributed by atoms with Gasteiger partial charge >= 0.3 is 6.01 Å². The number of hydrogen-bond acceptors (Lipinski definition) is 4. The van der Waals surface area contributed by atoms with Crippen LogP contribution < -0.4 is 10.1 Å². The molecule has 1 heterocycles. The lowest BCUT2D eigenvalue weighted by molar-refractivity contribution is 0.419. The molecule has 0 atom stereocenters. The summed E-state index contributed by atoms with van der Waals surface area (Å²) in [7, 11) is 0. The molecule has 4 heteroatoms. The van der Waals surface area contributed by atoms with Crippen molar-refractivity contribution in [1.82, 2.24) is 15.3 Å². The second-order valence-corrected chi connectivity index (χ2v) is 6.28. The molecule has 0 aliphatic rings. The fraction of sp³-hybridized carbons (Fsp3) is 0.412. The van der Waals surface area contributed by atoms with Gasteiger partial charge in [-0.25, -0.2) is 9.97 Å². The van der Waals surface area contributed by atoms with Crippen molar-refractivity contribution in [3.63, 3.8) is 0 Å². The van der Waals surface area contributed by atoms with Crippen molar-refractivity contribution < 1.29 is 4.74 Å². The van der Waals surface area contributed by atoms with Crippen LogP contribution in [0.25, 0.3) is 0 Å². The van der Waals surface area contributed by atoms with Gasteiger partial charge < -0.3 is 10.1 Å². The van der Waals surface area contributed by atoms with Gasteiger partial charge in [-0.1, -0.05) is 12.1 Å². The first-order chi connectivity index (χ1) is 9.85. The highest BCUT2D eigenvalue weighted by Gasteiger charge is 2.09. The number of hydrogen-bond donors (Lipinski definition) is 1. The molecule has 0 saturated carbocycles. The molecule has 0 aliphatic carbocycles. The van der Waals surface area contributed by atoms with Crippen molar-refractivity contribution in [2.24, 2.45) is 0 Å². The van der Waals surface area contributed by atoms with Crippen molar-refractivity contribution >= 4 is 0 Å². The molecule has 1 aromatic heterocycles. The molecule has 0 radical (unpaired) electrons. The summed E-state index contributed by atoms with van der Waals surface area (Å²) >= 11 is 0. The molecule has 1 N–H and O–H groups in total. The number of nitrogens with one attached hydrogen (secondary N) is 1. The van der Waals surface area contributed by atoms with E-state index >= 15 is 0 Å². The molecule has 21 heavy (non-hydrogen) atoms. The molecule has 0 unspecified atom stereocenters. The van der Waals surface area contributed by atoms with Crippen molar-refractivity contribution in [3.8, 4) is 11.8 Å². The van der Waals surface area contributed by atoms with Crippen LogP contribution >= 0.6 is 0 Å². The molecular weight excluding hydrogens is 262 g/mol. The van der Waals surface area contributed by atoms with Gasteiger partial charge in [-0.15, -0.1) is 0 Å². The summed E-state index contributed by atoms with van der Waals surface area (Å²) in [6.07, 6.45) is 3.60. The molecule has 112 valence electrons. The maximum absolute atomic E-state index is 5.75. The van der Waals surface area contributed by atoms with Crippen molar-refractivity contribution in [2.75, 3.05) is 0 Å². The summed E-state index contributed by atoms with van der Waals surface area (Å²) in [4.78, 5) is 8.54. The van der Waals surface area contributed by atoms with E-state index in [9.17, 15) is 0 Å². The molecule has 0 saturated heterocycles. The van der Waals surface area contributed by atoms with Crippen LogP contribution in [-0.4, -0.2) is 15.5 Å². The highest BCUT2D eigenvalue weighted by atomic mass is 16.5. The minimum Gasteiger partial charge on any atom is -0.424 e. The Kier molecular flexibility index (Phi) is 4.58. The molecule has 0 fully saturated rings. The molecule has 2 rings (SSSR count). The van der Waals surface area contributed by atoms with Gasteiger partial charge in [-0.2, -0.15) is 0 Å². The minimum absolute atomic E-state index is 0.0772. The number of ether oxygens (including phenoxy) is 1. The zero-order valence-electron chi connectivity index (χ0n) is 13.4. The first-order valence-corrected chi connectivity index (χ1v) is 7.15. The summed E-state index contributed by atoms with van der Waals surface area (Å²) in [6.45, 7) is 11.2. The van der Waals surface area contributed by atoms with Crippen LogP contribution in [0.5, 0.6) is 11.8 Å². The summed E-state index contributed by atoms with van der Waals surface area (Å²) in [5, 5.41) is 3.40. The predicted octanol–water partition coefficient (Wildman–Crippen LogP) is 3.77. The van der Waals surface area contributed by atoms with Crippen LogP contribution in [0, 0.1) is 13.8 Å². The SMILES string of the molecule is Cc1cccc(Oc2ncc(CNC(C)(C)C)cn2)c1C. The van der Waals surface area contributed by atoms with E-state index in [1.165, 1.54) is 5.56 Å². The predicted molar refractivity (Wildman–Crippen MR) is 84.6 cm³/mol. The van der Waals surface area contributed by atoms with Gasteiger partial charge in [0.2, 0.25) is 0 Å². The minimum atomic E-state index is 0.0772. The van der Waals surface area contributed by atoms with Crippen LogP contribution in [0.1, 0.15) is 37.5 Å². The van der Waals surface area contributed by atoms with Gasteiger partial charge in [0.1, 0.15) is 5.75 Å². The van der Waals surface area contributed by atoms with Gasteiger partial charge in [-0.3, -0.25) is 0 Å². The fourth-order valence-electron chi connectivity index (χ4n) is 1.79. The molecule has 0 bridgehead atoms. The topological polar surface area (TPSA) is 47.0 Å². The van der Waals surface area contributed by atoms with Crippen LogP contribution in [0.2, 0.25) is 0 Å². The van der Waals surface area contributed by atoms with Crippen LogP contribution in [0.4, 0.5) is 0 Å². The molecule has 4 nitrogen and oxygen atoms in total. The van der Waals surface area contributed by atoms with Gasteiger partial charge in [0.05, 0.1) is 0 Å². The lowest BCUT2D eigenvalue weighted by Gasteiger charge is -2.20. The zero-order valence-corrected chi connectivity index (χ0v) is 13.4. The first kappa shape index (κ1) is 15.4. The highest BCUT2D eigenvalue weighted by molar-refractivity contribution is 5.39. The maximum Gasteiger partial charge on any atom is 0.321 e. The summed E-state index contributed by atoms with van der Waals surface area (Å²) in [5.41, 5.74) is 3.42. The molecule has 2 aromatic rings. The largest absolute Gasteiger partial charge is 0.424 e. The van der Waals surface area contributed by atoms with E-state index in [2.05, 4.69) is 49.0 Å². The van der Waals surface area contributed by atoms with Crippen molar-refractivity contribution in [3.05, 3.63) is 47.3 Å². The van der Waals surface area contributed by atoms with Crippen LogP contribution in [-0.2, 0) is 6.54 Å². The standard InChI is InChI=1S/C17H23N3O/c1-12-7-6-8-15(13(12)2)21-16-18-9-14(10-19-16)11-20-17(3,4)5/h6-10,20H,11H2,1-5H3. The Hall–Kier alpha value is -1.94. The number of aryl methyl sites for hydroxylation is 1. The van der Waals surface area contributed by atoms with E-state index in [1.54, 1.807) is 12.4 Å². The Labute approximate surface area is 126 Å². The fourth-order valence-corrected chi connectivity index (χ4v) is 1.79. The average Bonchev–Trinajstić information content (AvgIpc) is 2.42. The van der Waals surface area contributed by atoms with E-state index in [1.807, 2.05) is 19.1 Å². The summed E-state index contributed by atoms with van der Waals surface area (Å²) in [5.74, 6) is 0.801. The highest BCUT2D eigenvalue weighted by Crippen LogP contribution is 2.24. The van der Waals surface area contributed by atoms with Gasteiger partial charge in [0.25, 0.3) is 0 Å². The third-order valence-electron chi connectivity index (χ3n) is 3.26. The molecule has 0 aliphatic heterocycles. The third kappa shape index (κ3) is 4.53. The van der Waals surface area contributed by atoms with Crippen LogP contribution in [0.3, 0.4) is 0 Å². The smallest absolute Gasteiger partial charge is 0.321 e. The third-order valence-corrected chi connectivity index (χ3v) is 3.26. The van der Waals surface area contributed by atoms with Gasteiger partial charge in [-0.05, 0) is 51.8 Å². The molecular formula is C17H23N3O. The number of nitrogens with zero attached hydrogens (tertiary/aromatic N) is 2. The lowest BCUT2D eigenvalue weighted by Crippen LogP contribution is -2.35. The van der Waals surface area contributed by atoms with E-state index in [-0.39, 0.29) is 5.54 Å². The van der Waals surface area contributed by atoms with E-state index < -0.39 is 0 Å². The number of benzene rings is 1.